The molecule has 0 spiro atoms. The highest BCUT2D eigenvalue weighted by Gasteiger charge is 2.17. The molecule has 0 saturated heterocycles. The summed E-state index contributed by atoms with van der Waals surface area (Å²) in [7, 11) is 0. The molecule has 0 heterocycles. The summed E-state index contributed by atoms with van der Waals surface area (Å²) in [6.45, 7) is 0.843. The van der Waals surface area contributed by atoms with Crippen molar-refractivity contribution in [2.24, 2.45) is 5.73 Å². The molecule has 0 bridgehead atoms. The van der Waals surface area contributed by atoms with E-state index >= 15 is 0 Å². The molecular formula is C14H21Cl2N3. The van der Waals surface area contributed by atoms with Crippen molar-refractivity contribution in [1.82, 2.24) is 5.32 Å². The van der Waals surface area contributed by atoms with Gasteiger partial charge in [0.15, 0.2) is 0 Å². The van der Waals surface area contributed by atoms with Crippen molar-refractivity contribution in [1.29, 1.82) is 5.26 Å². The molecule has 1 saturated carbocycles. The van der Waals surface area contributed by atoms with E-state index in [0.29, 0.717) is 12.1 Å². The molecule has 5 heteroatoms. The second kappa shape index (κ2) is 9.17. The molecule has 0 unspecified atom stereocenters. The maximum absolute atomic E-state index is 8.82. The lowest BCUT2D eigenvalue weighted by Gasteiger charge is -2.27. The third-order valence-electron chi connectivity index (χ3n) is 3.42. The number of nitrogens with one attached hydrogen (secondary N) is 1. The van der Waals surface area contributed by atoms with Crippen LogP contribution in [-0.2, 0) is 6.54 Å². The molecule has 0 aromatic heterocycles. The Balaban J connectivity index is 0.00000162. The molecule has 1 aromatic carbocycles. The van der Waals surface area contributed by atoms with E-state index in [-0.39, 0.29) is 24.8 Å². The molecule has 0 aliphatic heterocycles. The largest absolute Gasteiger partial charge is 0.328 e. The van der Waals surface area contributed by atoms with Crippen LogP contribution in [0.1, 0.15) is 36.8 Å². The van der Waals surface area contributed by atoms with Gasteiger partial charge in [-0.05, 0) is 43.4 Å². The molecule has 1 aromatic rings. The molecule has 2 rings (SSSR count). The molecule has 1 aliphatic rings. The average Bonchev–Trinajstić information content (AvgIpc) is 2.38. The number of halogens is 2. The fraction of sp³-hybridized carbons (Fsp3) is 0.500. The van der Waals surface area contributed by atoms with Gasteiger partial charge in [0, 0.05) is 18.6 Å². The second-order valence-electron chi connectivity index (χ2n) is 4.80. The zero-order valence-corrected chi connectivity index (χ0v) is 12.5. The number of rotatable bonds is 3. The lowest BCUT2D eigenvalue weighted by atomic mass is 9.92. The number of benzene rings is 1. The molecule has 3 N–H and O–H groups in total. The van der Waals surface area contributed by atoms with Gasteiger partial charge in [-0.15, -0.1) is 24.8 Å². The summed E-state index contributed by atoms with van der Waals surface area (Å²) in [5.41, 5.74) is 7.79. The van der Waals surface area contributed by atoms with E-state index in [0.717, 1.165) is 24.9 Å². The topological polar surface area (TPSA) is 61.8 Å². The molecular weight excluding hydrogens is 281 g/mol. The first-order chi connectivity index (χ1) is 8.28. The summed E-state index contributed by atoms with van der Waals surface area (Å²) >= 11 is 0. The fourth-order valence-corrected chi connectivity index (χ4v) is 2.34. The van der Waals surface area contributed by atoms with Crippen molar-refractivity contribution < 1.29 is 0 Å². The van der Waals surface area contributed by atoms with Crippen LogP contribution in [0.5, 0.6) is 0 Å². The van der Waals surface area contributed by atoms with Gasteiger partial charge in [-0.2, -0.15) is 5.26 Å². The van der Waals surface area contributed by atoms with Crippen molar-refractivity contribution in [2.75, 3.05) is 0 Å². The van der Waals surface area contributed by atoms with Gasteiger partial charge in [-0.25, -0.2) is 0 Å². The molecule has 1 aliphatic carbocycles. The van der Waals surface area contributed by atoms with Crippen molar-refractivity contribution in [2.45, 2.75) is 44.3 Å². The Labute approximate surface area is 127 Å². The molecule has 0 radical (unpaired) electrons. The predicted molar refractivity (Wildman–Crippen MR) is 82.7 cm³/mol. The lowest BCUT2D eigenvalue weighted by Crippen LogP contribution is -2.37. The minimum Gasteiger partial charge on any atom is -0.328 e. The van der Waals surface area contributed by atoms with Crippen LogP contribution in [0.15, 0.2) is 24.3 Å². The minimum absolute atomic E-state index is 0. The Morgan fingerprint density at radius 3 is 2.53 bits per heavy atom. The zero-order chi connectivity index (χ0) is 12.1. The maximum atomic E-state index is 8.82. The van der Waals surface area contributed by atoms with Gasteiger partial charge in [0.2, 0.25) is 0 Å². The summed E-state index contributed by atoms with van der Waals surface area (Å²) in [5.74, 6) is 0. The summed E-state index contributed by atoms with van der Waals surface area (Å²) in [6.07, 6.45) is 4.57. The van der Waals surface area contributed by atoms with Gasteiger partial charge in [0.05, 0.1) is 11.6 Å². The number of hydrogen-bond donors (Lipinski definition) is 2. The Morgan fingerprint density at radius 2 is 1.89 bits per heavy atom. The third kappa shape index (κ3) is 5.80. The van der Waals surface area contributed by atoms with E-state index in [1.54, 1.807) is 0 Å². The zero-order valence-electron chi connectivity index (χ0n) is 10.8. The number of nitriles is 1. The quantitative estimate of drug-likeness (QED) is 0.902. The normalized spacial score (nSPS) is 21.7. The summed E-state index contributed by atoms with van der Waals surface area (Å²) in [6, 6.07) is 10.9. The fourth-order valence-electron chi connectivity index (χ4n) is 2.34. The molecule has 106 valence electrons. The van der Waals surface area contributed by atoms with E-state index in [4.69, 9.17) is 11.0 Å². The predicted octanol–water partition coefficient (Wildman–Crippen LogP) is 2.76. The lowest BCUT2D eigenvalue weighted by molar-refractivity contribution is 0.342. The van der Waals surface area contributed by atoms with Crippen molar-refractivity contribution in [3.8, 4) is 6.07 Å². The molecule has 1 fully saturated rings. The van der Waals surface area contributed by atoms with Gasteiger partial charge in [0.1, 0.15) is 0 Å². The highest BCUT2D eigenvalue weighted by molar-refractivity contribution is 5.85. The Kier molecular flexibility index (Phi) is 8.79. The highest BCUT2D eigenvalue weighted by atomic mass is 35.5. The van der Waals surface area contributed by atoms with Crippen LogP contribution in [0.2, 0.25) is 0 Å². The van der Waals surface area contributed by atoms with E-state index in [2.05, 4.69) is 17.5 Å². The van der Waals surface area contributed by atoms with Gasteiger partial charge in [0.25, 0.3) is 0 Å². The first-order valence-corrected chi connectivity index (χ1v) is 6.26. The Morgan fingerprint density at radius 1 is 1.21 bits per heavy atom. The SMILES string of the molecule is Cl.Cl.N#Cc1cccc(CNC2CCC(N)CC2)c1. The Bertz CT molecular complexity index is 409. The smallest absolute Gasteiger partial charge is 0.0991 e. The van der Waals surface area contributed by atoms with Gasteiger partial charge in [-0.3, -0.25) is 0 Å². The van der Waals surface area contributed by atoms with Crippen molar-refractivity contribution in [3.63, 3.8) is 0 Å². The molecule has 0 amide bonds. The van der Waals surface area contributed by atoms with Gasteiger partial charge in [-0.1, -0.05) is 12.1 Å². The third-order valence-corrected chi connectivity index (χ3v) is 3.42. The number of nitrogens with zero attached hydrogens (tertiary/aromatic N) is 1. The maximum Gasteiger partial charge on any atom is 0.0991 e. The summed E-state index contributed by atoms with van der Waals surface area (Å²) in [5, 5.41) is 12.4. The van der Waals surface area contributed by atoms with E-state index in [1.165, 1.54) is 18.4 Å². The Hall–Kier alpha value is -0.790. The standard InChI is InChI=1S/C14H19N3.2ClH/c15-9-11-2-1-3-12(8-11)10-17-14-6-4-13(16)5-7-14;;/h1-3,8,13-14,17H,4-7,10,16H2;2*1H. The van der Waals surface area contributed by atoms with Crippen molar-refractivity contribution >= 4 is 24.8 Å². The van der Waals surface area contributed by atoms with Crippen LogP contribution < -0.4 is 11.1 Å². The monoisotopic (exact) mass is 301 g/mol. The van der Waals surface area contributed by atoms with Crippen LogP contribution in [0.3, 0.4) is 0 Å². The van der Waals surface area contributed by atoms with Crippen LogP contribution in [-0.4, -0.2) is 12.1 Å². The molecule has 3 nitrogen and oxygen atoms in total. The molecule has 0 atom stereocenters. The van der Waals surface area contributed by atoms with Gasteiger partial charge < -0.3 is 11.1 Å². The van der Waals surface area contributed by atoms with Crippen LogP contribution in [0.4, 0.5) is 0 Å². The first kappa shape index (κ1) is 18.2. The summed E-state index contributed by atoms with van der Waals surface area (Å²) < 4.78 is 0. The first-order valence-electron chi connectivity index (χ1n) is 6.26. The highest BCUT2D eigenvalue weighted by Crippen LogP contribution is 2.17. The van der Waals surface area contributed by atoms with Crippen LogP contribution in [0, 0.1) is 11.3 Å². The second-order valence-corrected chi connectivity index (χ2v) is 4.80. The van der Waals surface area contributed by atoms with Crippen LogP contribution in [0.25, 0.3) is 0 Å². The van der Waals surface area contributed by atoms with Crippen molar-refractivity contribution in [3.05, 3.63) is 35.4 Å². The van der Waals surface area contributed by atoms with E-state index in [1.807, 2.05) is 18.2 Å². The number of hydrogen-bond acceptors (Lipinski definition) is 3. The molecule has 19 heavy (non-hydrogen) atoms. The average molecular weight is 302 g/mol. The van der Waals surface area contributed by atoms with Gasteiger partial charge >= 0.3 is 0 Å². The van der Waals surface area contributed by atoms with E-state index < -0.39 is 0 Å². The minimum atomic E-state index is 0. The number of nitrogens with two attached hydrogens (primary N) is 1. The van der Waals surface area contributed by atoms with E-state index in [9.17, 15) is 0 Å². The summed E-state index contributed by atoms with van der Waals surface area (Å²) in [4.78, 5) is 0. The van der Waals surface area contributed by atoms with Crippen LogP contribution >= 0.6 is 24.8 Å².